The Morgan fingerprint density at radius 1 is 1.08 bits per heavy atom. The Balaban J connectivity index is 1.42. The number of H-pyrrole nitrogens is 1. The fourth-order valence-electron chi connectivity index (χ4n) is 4.78. The summed E-state index contributed by atoms with van der Waals surface area (Å²) in [6.07, 6.45) is 3.49. The predicted molar refractivity (Wildman–Crippen MR) is 150 cm³/mol. The molecule has 0 bridgehead atoms. The molecule has 10 heteroatoms. The van der Waals surface area contributed by atoms with Crippen LogP contribution in [-0.2, 0) is 4.74 Å². The Morgan fingerprint density at radius 3 is 2.64 bits per heavy atom. The molecule has 0 spiro atoms. The summed E-state index contributed by atoms with van der Waals surface area (Å²) >= 11 is 0. The minimum Gasteiger partial charge on any atom is -0.496 e. The van der Waals surface area contributed by atoms with Crippen molar-refractivity contribution >= 4 is 28.7 Å². The lowest BCUT2D eigenvalue weighted by atomic mass is 10.0. The predicted octanol–water partition coefficient (Wildman–Crippen LogP) is 4.65. The van der Waals surface area contributed by atoms with Crippen molar-refractivity contribution in [1.29, 1.82) is 0 Å². The highest BCUT2D eigenvalue weighted by Crippen LogP contribution is 2.35. The summed E-state index contributed by atoms with van der Waals surface area (Å²) in [5.74, 6) is 0.478. The number of fused-ring (bicyclic) bond motifs is 1. The Bertz CT molecular complexity index is 1490. The molecule has 4 aromatic rings. The number of likely N-dealkylation sites (tertiary alicyclic amines) is 1. The van der Waals surface area contributed by atoms with Crippen LogP contribution in [0.3, 0.4) is 0 Å². The molecular weight excluding hydrogens is 496 g/mol. The van der Waals surface area contributed by atoms with E-state index in [1.54, 1.807) is 39.5 Å². The first-order valence-corrected chi connectivity index (χ1v) is 12.9. The molecule has 1 aliphatic heterocycles. The third-order valence-corrected chi connectivity index (χ3v) is 6.85. The van der Waals surface area contributed by atoms with Crippen LogP contribution in [0.15, 0.2) is 54.7 Å². The first kappa shape index (κ1) is 26.2. The Labute approximate surface area is 226 Å². The molecule has 2 aromatic carbocycles. The maximum Gasteiger partial charge on any atom is 0.411 e. The number of nitrogens with one attached hydrogen (secondary N) is 2. The van der Waals surface area contributed by atoms with E-state index >= 15 is 0 Å². The van der Waals surface area contributed by atoms with Gasteiger partial charge in [-0.25, -0.2) is 9.78 Å². The van der Waals surface area contributed by atoms with Gasteiger partial charge >= 0.3 is 6.09 Å². The Hall–Kier alpha value is -4.44. The average molecular weight is 529 g/mol. The van der Waals surface area contributed by atoms with Gasteiger partial charge in [0.2, 0.25) is 0 Å². The minimum atomic E-state index is -0.585. The summed E-state index contributed by atoms with van der Waals surface area (Å²) in [6, 6.07) is 15.0. The number of hydrogen-bond acceptors (Lipinski definition) is 7. The number of nitrogens with zero attached hydrogens (tertiary/aromatic N) is 4. The zero-order valence-corrected chi connectivity index (χ0v) is 22.4. The SMILES string of the molecule is COc1ccccc1-c1[nH]nc2ncc(-c3ccc(NC(=O)OCCN4CCCC4)c(C(=O)N(C)C)c3)cc12. The van der Waals surface area contributed by atoms with Gasteiger partial charge in [-0.15, -0.1) is 0 Å². The number of para-hydroxylation sites is 1. The van der Waals surface area contributed by atoms with Gasteiger partial charge in [-0.1, -0.05) is 18.2 Å². The number of carbonyl (C=O) groups excluding carboxylic acids is 2. The fourth-order valence-corrected chi connectivity index (χ4v) is 4.78. The number of anilines is 1. The first-order chi connectivity index (χ1) is 18.9. The molecule has 3 heterocycles. The second-order valence-electron chi connectivity index (χ2n) is 9.66. The molecular formula is C29H32N6O4. The second-order valence-corrected chi connectivity index (χ2v) is 9.66. The number of aromatic amines is 1. The van der Waals surface area contributed by atoms with Crippen molar-refractivity contribution in [1.82, 2.24) is 25.0 Å². The largest absolute Gasteiger partial charge is 0.496 e. The summed E-state index contributed by atoms with van der Waals surface area (Å²) in [6.45, 7) is 3.07. The lowest BCUT2D eigenvalue weighted by molar-refractivity contribution is 0.0828. The molecule has 1 fully saturated rings. The van der Waals surface area contributed by atoms with Gasteiger partial charge in [-0.2, -0.15) is 5.10 Å². The fraction of sp³-hybridized carbons (Fsp3) is 0.310. The lowest BCUT2D eigenvalue weighted by Crippen LogP contribution is -2.27. The number of aromatic nitrogens is 3. The number of benzene rings is 2. The third-order valence-electron chi connectivity index (χ3n) is 6.85. The summed E-state index contributed by atoms with van der Waals surface area (Å²) in [4.78, 5) is 33.9. The number of pyridine rings is 1. The van der Waals surface area contributed by atoms with E-state index in [2.05, 4.69) is 25.4 Å². The van der Waals surface area contributed by atoms with Crippen LogP contribution in [0.4, 0.5) is 10.5 Å². The molecule has 0 aliphatic carbocycles. The van der Waals surface area contributed by atoms with Crippen molar-refractivity contribution in [2.75, 3.05) is 52.8 Å². The molecule has 0 saturated carbocycles. The van der Waals surface area contributed by atoms with Crippen LogP contribution in [0.25, 0.3) is 33.4 Å². The van der Waals surface area contributed by atoms with Gasteiger partial charge < -0.3 is 14.4 Å². The smallest absolute Gasteiger partial charge is 0.411 e. The number of carbonyl (C=O) groups is 2. The molecule has 2 N–H and O–H groups in total. The molecule has 1 saturated heterocycles. The highest BCUT2D eigenvalue weighted by atomic mass is 16.5. The standard InChI is InChI=1S/C29H32N6O4/c1-34(2)28(36)22-16-19(10-11-24(22)31-29(37)39-15-14-35-12-6-7-13-35)20-17-23-26(32-33-27(23)30-18-20)21-8-4-5-9-25(21)38-3/h4-5,8-11,16-18H,6-7,12-15H2,1-3H3,(H,31,37)(H,30,32,33). The molecule has 0 atom stereocenters. The second kappa shape index (κ2) is 11.5. The molecule has 5 rings (SSSR count). The maximum absolute atomic E-state index is 13.1. The van der Waals surface area contributed by atoms with Gasteiger partial charge in [0.1, 0.15) is 12.4 Å². The normalized spacial score (nSPS) is 13.4. The van der Waals surface area contributed by atoms with Crippen molar-refractivity contribution < 1.29 is 19.1 Å². The molecule has 0 radical (unpaired) electrons. The van der Waals surface area contributed by atoms with Gasteiger partial charge in [0.25, 0.3) is 5.91 Å². The van der Waals surface area contributed by atoms with Gasteiger partial charge in [0.15, 0.2) is 5.65 Å². The molecule has 0 unspecified atom stereocenters. The topological polar surface area (TPSA) is 113 Å². The van der Waals surface area contributed by atoms with Crippen LogP contribution >= 0.6 is 0 Å². The van der Waals surface area contributed by atoms with E-state index in [1.165, 1.54) is 17.7 Å². The molecule has 202 valence electrons. The highest BCUT2D eigenvalue weighted by molar-refractivity contribution is 6.04. The van der Waals surface area contributed by atoms with Crippen molar-refractivity contribution in [3.8, 4) is 28.1 Å². The Kier molecular flexibility index (Phi) is 7.74. The van der Waals surface area contributed by atoms with E-state index in [1.807, 2.05) is 36.4 Å². The van der Waals surface area contributed by atoms with E-state index in [-0.39, 0.29) is 5.91 Å². The quantitative estimate of drug-likeness (QED) is 0.342. The molecule has 10 nitrogen and oxygen atoms in total. The summed E-state index contributed by atoms with van der Waals surface area (Å²) in [7, 11) is 4.97. The van der Waals surface area contributed by atoms with Crippen LogP contribution in [0.2, 0.25) is 0 Å². The summed E-state index contributed by atoms with van der Waals surface area (Å²) in [5, 5.41) is 11.0. The molecule has 39 heavy (non-hydrogen) atoms. The monoisotopic (exact) mass is 528 g/mol. The van der Waals surface area contributed by atoms with E-state index in [0.29, 0.717) is 30.0 Å². The van der Waals surface area contributed by atoms with Crippen LogP contribution in [-0.4, -0.2) is 84.4 Å². The van der Waals surface area contributed by atoms with Gasteiger partial charge in [0.05, 0.1) is 24.1 Å². The van der Waals surface area contributed by atoms with Crippen molar-refractivity contribution in [2.45, 2.75) is 12.8 Å². The average Bonchev–Trinajstić information content (AvgIpc) is 3.62. The zero-order valence-electron chi connectivity index (χ0n) is 22.4. The summed E-state index contributed by atoms with van der Waals surface area (Å²) in [5.41, 5.74) is 4.53. The first-order valence-electron chi connectivity index (χ1n) is 12.9. The Morgan fingerprint density at radius 2 is 1.87 bits per heavy atom. The minimum absolute atomic E-state index is 0.240. The van der Waals surface area contributed by atoms with Crippen molar-refractivity contribution in [2.24, 2.45) is 0 Å². The molecule has 2 aromatic heterocycles. The number of amides is 2. The highest BCUT2D eigenvalue weighted by Gasteiger charge is 2.19. The van der Waals surface area contributed by atoms with Crippen LogP contribution < -0.4 is 10.1 Å². The zero-order chi connectivity index (χ0) is 27.4. The van der Waals surface area contributed by atoms with Crippen LogP contribution in [0, 0.1) is 0 Å². The van der Waals surface area contributed by atoms with Gasteiger partial charge in [-0.3, -0.25) is 20.1 Å². The lowest BCUT2D eigenvalue weighted by Gasteiger charge is -2.17. The third kappa shape index (κ3) is 5.70. The number of ether oxygens (including phenoxy) is 2. The van der Waals surface area contributed by atoms with Gasteiger partial charge in [-0.05, 0) is 61.8 Å². The van der Waals surface area contributed by atoms with Crippen molar-refractivity contribution in [3.63, 3.8) is 0 Å². The van der Waals surface area contributed by atoms with E-state index in [0.717, 1.165) is 46.6 Å². The van der Waals surface area contributed by atoms with E-state index in [4.69, 9.17) is 9.47 Å². The molecule has 1 aliphatic rings. The van der Waals surface area contributed by atoms with Crippen LogP contribution in [0.5, 0.6) is 5.75 Å². The number of methoxy groups -OCH3 is 1. The van der Waals surface area contributed by atoms with E-state index in [9.17, 15) is 9.59 Å². The number of rotatable bonds is 8. The molecule has 2 amide bonds. The maximum atomic E-state index is 13.1. The van der Waals surface area contributed by atoms with Gasteiger partial charge in [0, 0.05) is 43.4 Å². The number of hydrogen-bond donors (Lipinski definition) is 2. The van der Waals surface area contributed by atoms with Crippen molar-refractivity contribution in [3.05, 3.63) is 60.3 Å². The van der Waals surface area contributed by atoms with E-state index < -0.39 is 6.09 Å². The summed E-state index contributed by atoms with van der Waals surface area (Å²) < 4.78 is 10.9. The van der Waals surface area contributed by atoms with Crippen LogP contribution in [0.1, 0.15) is 23.2 Å².